The maximum absolute atomic E-state index is 12.0. The van der Waals surface area contributed by atoms with Crippen molar-refractivity contribution in [2.24, 2.45) is 11.8 Å². The van der Waals surface area contributed by atoms with Gasteiger partial charge in [0.05, 0.1) is 6.10 Å². The molecule has 0 aromatic heterocycles. The normalized spacial score (nSPS) is 23.7. The van der Waals surface area contributed by atoms with Crippen LogP contribution >= 0.6 is 0 Å². The van der Waals surface area contributed by atoms with Crippen LogP contribution in [0, 0.1) is 11.8 Å². The van der Waals surface area contributed by atoms with E-state index in [9.17, 15) is 14.7 Å². The number of aliphatic hydroxyl groups is 1. The third kappa shape index (κ3) is 6.33. The van der Waals surface area contributed by atoms with E-state index in [0.717, 1.165) is 12.8 Å². The topological polar surface area (TPSA) is 89.9 Å². The lowest BCUT2D eigenvalue weighted by molar-refractivity contribution is -0.137. The summed E-state index contributed by atoms with van der Waals surface area (Å²) in [6.45, 7) is 5.74. The van der Waals surface area contributed by atoms with E-state index in [0.29, 0.717) is 38.4 Å². The van der Waals surface area contributed by atoms with Gasteiger partial charge in [-0.1, -0.05) is 20.3 Å². The molecule has 0 aromatic rings. The molecule has 1 fully saturated rings. The number of hydrogen-bond donors (Lipinski definition) is 3. The van der Waals surface area contributed by atoms with Crippen molar-refractivity contribution in [2.45, 2.75) is 52.1 Å². The van der Waals surface area contributed by atoms with Crippen LogP contribution in [0.25, 0.3) is 0 Å². The molecule has 3 unspecified atom stereocenters. The van der Waals surface area contributed by atoms with Crippen molar-refractivity contribution in [1.82, 2.24) is 10.2 Å². The highest BCUT2D eigenvalue weighted by atomic mass is 16.4. The van der Waals surface area contributed by atoms with Gasteiger partial charge in [0.1, 0.15) is 0 Å². The number of urea groups is 1. The summed E-state index contributed by atoms with van der Waals surface area (Å²) in [5.41, 5.74) is 0. The number of likely N-dealkylation sites (tertiary alicyclic amines) is 1. The Labute approximate surface area is 126 Å². The first kappa shape index (κ1) is 17.8. The number of piperidine rings is 1. The predicted molar refractivity (Wildman–Crippen MR) is 80.0 cm³/mol. The van der Waals surface area contributed by atoms with Gasteiger partial charge in [0.15, 0.2) is 0 Å². The Kier molecular flexibility index (Phi) is 7.50. The SMILES string of the molecule is CCC(CCNC(=O)N1CCC(O)C(C)C1)CCC(=O)O. The highest BCUT2D eigenvalue weighted by molar-refractivity contribution is 5.74. The number of aliphatic carboxylic acids is 1. The van der Waals surface area contributed by atoms with Crippen LogP contribution in [0.15, 0.2) is 0 Å². The summed E-state index contributed by atoms with van der Waals surface area (Å²) >= 11 is 0. The Morgan fingerprint density at radius 3 is 2.67 bits per heavy atom. The van der Waals surface area contributed by atoms with Crippen LogP contribution in [0.1, 0.15) is 46.0 Å². The molecule has 6 nitrogen and oxygen atoms in total. The molecule has 1 heterocycles. The van der Waals surface area contributed by atoms with E-state index < -0.39 is 5.97 Å². The highest BCUT2D eigenvalue weighted by Gasteiger charge is 2.26. The van der Waals surface area contributed by atoms with E-state index >= 15 is 0 Å². The van der Waals surface area contributed by atoms with E-state index in [1.807, 2.05) is 13.8 Å². The van der Waals surface area contributed by atoms with Gasteiger partial charge in [0, 0.05) is 26.1 Å². The van der Waals surface area contributed by atoms with Gasteiger partial charge in [-0.3, -0.25) is 4.79 Å². The Balaban J connectivity index is 2.24. The third-order valence-corrected chi connectivity index (χ3v) is 4.32. The number of nitrogens with zero attached hydrogens (tertiary/aromatic N) is 1. The molecule has 3 N–H and O–H groups in total. The summed E-state index contributed by atoms with van der Waals surface area (Å²) < 4.78 is 0. The van der Waals surface area contributed by atoms with E-state index in [2.05, 4.69) is 5.32 Å². The van der Waals surface area contributed by atoms with Gasteiger partial charge >= 0.3 is 12.0 Å². The Bertz CT molecular complexity index is 349. The minimum absolute atomic E-state index is 0.0816. The molecule has 122 valence electrons. The van der Waals surface area contributed by atoms with Crippen LogP contribution in [0.3, 0.4) is 0 Å². The summed E-state index contributed by atoms with van der Waals surface area (Å²) in [5, 5.41) is 21.2. The maximum Gasteiger partial charge on any atom is 0.317 e. The average Bonchev–Trinajstić information content (AvgIpc) is 2.45. The molecule has 6 heteroatoms. The zero-order chi connectivity index (χ0) is 15.8. The summed E-state index contributed by atoms with van der Waals surface area (Å²) in [6, 6.07) is -0.0816. The molecule has 0 saturated carbocycles. The summed E-state index contributed by atoms with van der Waals surface area (Å²) in [6.07, 6.45) is 2.90. The number of carbonyl (C=O) groups excluding carboxylic acids is 1. The maximum atomic E-state index is 12.0. The molecular formula is C15H28N2O4. The fourth-order valence-corrected chi connectivity index (χ4v) is 2.69. The lowest BCUT2D eigenvalue weighted by Gasteiger charge is -2.34. The first-order valence-corrected chi connectivity index (χ1v) is 7.86. The molecule has 1 saturated heterocycles. The lowest BCUT2D eigenvalue weighted by atomic mass is 9.96. The van der Waals surface area contributed by atoms with Gasteiger partial charge in [-0.25, -0.2) is 4.79 Å². The first-order valence-electron chi connectivity index (χ1n) is 7.86. The van der Waals surface area contributed by atoms with E-state index in [1.54, 1.807) is 4.90 Å². The average molecular weight is 300 g/mol. The van der Waals surface area contributed by atoms with Crippen molar-refractivity contribution in [2.75, 3.05) is 19.6 Å². The van der Waals surface area contributed by atoms with Crippen LogP contribution in [0.4, 0.5) is 4.79 Å². The number of nitrogens with one attached hydrogen (secondary N) is 1. The Morgan fingerprint density at radius 2 is 2.10 bits per heavy atom. The smallest absolute Gasteiger partial charge is 0.317 e. The monoisotopic (exact) mass is 300 g/mol. The molecule has 2 amide bonds. The quantitative estimate of drug-likeness (QED) is 0.667. The number of rotatable bonds is 7. The van der Waals surface area contributed by atoms with Crippen molar-refractivity contribution < 1.29 is 19.8 Å². The Hall–Kier alpha value is -1.30. The second kappa shape index (κ2) is 8.87. The zero-order valence-corrected chi connectivity index (χ0v) is 13.0. The van der Waals surface area contributed by atoms with Gasteiger partial charge in [-0.15, -0.1) is 0 Å². The molecule has 21 heavy (non-hydrogen) atoms. The predicted octanol–water partition coefficient (Wildman–Crippen LogP) is 1.68. The molecule has 0 aromatic carbocycles. The van der Waals surface area contributed by atoms with Gasteiger partial charge in [0.2, 0.25) is 0 Å². The summed E-state index contributed by atoms with van der Waals surface area (Å²) in [5.74, 6) is -0.315. The van der Waals surface area contributed by atoms with E-state index in [-0.39, 0.29) is 24.5 Å². The molecule has 1 aliphatic heterocycles. The van der Waals surface area contributed by atoms with Crippen LogP contribution < -0.4 is 5.32 Å². The number of amides is 2. The second-order valence-corrected chi connectivity index (χ2v) is 6.01. The molecule has 0 bridgehead atoms. The molecule has 1 rings (SSSR count). The largest absolute Gasteiger partial charge is 0.481 e. The third-order valence-electron chi connectivity index (χ3n) is 4.32. The van der Waals surface area contributed by atoms with Gasteiger partial charge in [-0.05, 0) is 31.1 Å². The van der Waals surface area contributed by atoms with Crippen LogP contribution in [-0.4, -0.2) is 52.9 Å². The van der Waals surface area contributed by atoms with Crippen molar-refractivity contribution >= 4 is 12.0 Å². The van der Waals surface area contributed by atoms with Crippen molar-refractivity contribution in [3.8, 4) is 0 Å². The molecule has 0 radical (unpaired) electrons. The highest BCUT2D eigenvalue weighted by Crippen LogP contribution is 2.17. The van der Waals surface area contributed by atoms with Crippen LogP contribution in [-0.2, 0) is 4.79 Å². The lowest BCUT2D eigenvalue weighted by Crippen LogP contribution is -2.49. The van der Waals surface area contributed by atoms with Crippen LogP contribution in [0.5, 0.6) is 0 Å². The van der Waals surface area contributed by atoms with Crippen molar-refractivity contribution in [1.29, 1.82) is 0 Å². The number of carboxylic acids is 1. The fraction of sp³-hybridized carbons (Fsp3) is 0.867. The van der Waals surface area contributed by atoms with Crippen LogP contribution in [0.2, 0.25) is 0 Å². The minimum Gasteiger partial charge on any atom is -0.481 e. The number of carboxylic acid groups (broad SMARTS) is 1. The van der Waals surface area contributed by atoms with E-state index in [1.165, 1.54) is 0 Å². The van der Waals surface area contributed by atoms with Gasteiger partial charge in [-0.2, -0.15) is 0 Å². The molecular weight excluding hydrogens is 272 g/mol. The number of carbonyl (C=O) groups is 2. The second-order valence-electron chi connectivity index (χ2n) is 6.01. The fourth-order valence-electron chi connectivity index (χ4n) is 2.69. The van der Waals surface area contributed by atoms with Crippen molar-refractivity contribution in [3.05, 3.63) is 0 Å². The minimum atomic E-state index is -0.765. The summed E-state index contributed by atoms with van der Waals surface area (Å²) in [7, 11) is 0. The molecule has 1 aliphatic rings. The molecule has 0 aliphatic carbocycles. The molecule has 0 spiro atoms. The number of hydrogen-bond acceptors (Lipinski definition) is 3. The van der Waals surface area contributed by atoms with Crippen molar-refractivity contribution in [3.63, 3.8) is 0 Å². The summed E-state index contributed by atoms with van der Waals surface area (Å²) in [4.78, 5) is 24.3. The standard InChI is InChI=1S/C15H28N2O4/c1-3-12(4-5-14(19)20)6-8-16-15(21)17-9-7-13(18)11(2)10-17/h11-13,18H,3-10H2,1-2H3,(H,16,21)(H,19,20). The zero-order valence-electron chi connectivity index (χ0n) is 13.0. The van der Waals surface area contributed by atoms with Gasteiger partial charge in [0.25, 0.3) is 0 Å². The molecule has 3 atom stereocenters. The van der Waals surface area contributed by atoms with Gasteiger partial charge < -0.3 is 20.4 Å². The van der Waals surface area contributed by atoms with E-state index in [4.69, 9.17) is 5.11 Å². The first-order chi connectivity index (χ1) is 9.93. The number of aliphatic hydroxyl groups excluding tert-OH is 1. The Morgan fingerprint density at radius 1 is 1.38 bits per heavy atom.